The largest absolute Gasteiger partial charge is 0.490 e. The van der Waals surface area contributed by atoms with Crippen LogP contribution in [0.4, 0.5) is 0 Å². The van der Waals surface area contributed by atoms with Gasteiger partial charge in [-0.1, -0.05) is 64.5 Å². The highest BCUT2D eigenvalue weighted by atomic mass is 79.9. The van der Waals surface area contributed by atoms with Gasteiger partial charge in [0, 0.05) is 29.5 Å². The van der Waals surface area contributed by atoms with Gasteiger partial charge in [-0.15, -0.1) is 0 Å². The van der Waals surface area contributed by atoms with Gasteiger partial charge in [-0.2, -0.15) is 0 Å². The van der Waals surface area contributed by atoms with E-state index in [1.807, 2.05) is 42.5 Å². The van der Waals surface area contributed by atoms with Crippen molar-refractivity contribution in [3.05, 3.63) is 76.8 Å². The molecule has 4 nitrogen and oxygen atoms in total. The molecule has 1 N–H and O–H groups in total. The molecule has 1 fully saturated rings. The van der Waals surface area contributed by atoms with Gasteiger partial charge in [0.05, 0.1) is 12.7 Å². The lowest BCUT2D eigenvalue weighted by Crippen LogP contribution is -2.43. The monoisotopic (exact) mass is 441 g/mol. The van der Waals surface area contributed by atoms with Crippen LogP contribution in [-0.4, -0.2) is 49.0 Å². The standard InChI is InChI=1S/C23H24BrNO3/c24-19-8-3-7-18(13-19)23-15-25(11-12-27-23)14-20(26)16-28-22-10-4-6-17-5-1-2-9-21(17)22/h1-10,13,20,23,26H,11-12,14-16H2. The van der Waals surface area contributed by atoms with Gasteiger partial charge in [-0.05, 0) is 29.1 Å². The number of aliphatic hydroxyl groups is 1. The lowest BCUT2D eigenvalue weighted by molar-refractivity contribution is -0.0459. The van der Waals surface area contributed by atoms with Crippen LogP contribution in [-0.2, 0) is 4.74 Å². The topological polar surface area (TPSA) is 41.9 Å². The van der Waals surface area contributed by atoms with Gasteiger partial charge in [-0.3, -0.25) is 4.90 Å². The quantitative estimate of drug-likeness (QED) is 0.614. The van der Waals surface area contributed by atoms with Gasteiger partial charge < -0.3 is 14.6 Å². The Kier molecular flexibility index (Phi) is 6.27. The van der Waals surface area contributed by atoms with Crippen LogP contribution in [0.1, 0.15) is 11.7 Å². The first-order chi connectivity index (χ1) is 13.7. The van der Waals surface area contributed by atoms with Crippen LogP contribution >= 0.6 is 15.9 Å². The highest BCUT2D eigenvalue weighted by Gasteiger charge is 2.24. The first kappa shape index (κ1) is 19.4. The summed E-state index contributed by atoms with van der Waals surface area (Å²) >= 11 is 3.52. The fraction of sp³-hybridized carbons (Fsp3) is 0.304. The minimum Gasteiger partial charge on any atom is -0.490 e. The van der Waals surface area contributed by atoms with Gasteiger partial charge in [0.25, 0.3) is 0 Å². The maximum Gasteiger partial charge on any atom is 0.127 e. The smallest absolute Gasteiger partial charge is 0.127 e. The number of β-amino-alcohol motifs (C(OH)–C–C–N with tert-alkyl or cyclic N) is 1. The maximum atomic E-state index is 10.5. The highest BCUT2D eigenvalue weighted by Crippen LogP contribution is 2.26. The van der Waals surface area contributed by atoms with Crippen LogP contribution in [0.25, 0.3) is 10.8 Å². The molecule has 146 valence electrons. The lowest BCUT2D eigenvalue weighted by atomic mass is 10.1. The number of halogens is 1. The summed E-state index contributed by atoms with van der Waals surface area (Å²) in [5.41, 5.74) is 1.15. The molecule has 5 heteroatoms. The second-order valence-corrected chi connectivity index (χ2v) is 8.03. The summed E-state index contributed by atoms with van der Waals surface area (Å²) in [6.07, 6.45) is -0.530. The fourth-order valence-electron chi connectivity index (χ4n) is 3.64. The number of nitrogens with zero attached hydrogens (tertiary/aromatic N) is 1. The molecule has 1 saturated heterocycles. The van der Waals surface area contributed by atoms with Crippen LogP contribution in [0, 0.1) is 0 Å². The van der Waals surface area contributed by atoms with Gasteiger partial charge in [-0.25, -0.2) is 0 Å². The Hall–Kier alpha value is -1.92. The van der Waals surface area contributed by atoms with E-state index < -0.39 is 6.10 Å². The molecule has 0 radical (unpaired) electrons. The van der Waals surface area contributed by atoms with E-state index >= 15 is 0 Å². The minimum absolute atomic E-state index is 0.0254. The first-order valence-corrected chi connectivity index (χ1v) is 10.4. The van der Waals surface area contributed by atoms with Gasteiger partial charge in [0.2, 0.25) is 0 Å². The summed E-state index contributed by atoms with van der Waals surface area (Å²) in [5.74, 6) is 0.811. The molecular weight excluding hydrogens is 418 g/mol. The van der Waals surface area contributed by atoms with E-state index in [0.29, 0.717) is 13.2 Å². The number of fused-ring (bicyclic) bond motifs is 1. The van der Waals surface area contributed by atoms with E-state index in [1.54, 1.807) is 0 Å². The zero-order valence-corrected chi connectivity index (χ0v) is 17.2. The van der Waals surface area contributed by atoms with Crippen molar-refractivity contribution in [2.45, 2.75) is 12.2 Å². The lowest BCUT2D eigenvalue weighted by Gasteiger charge is -2.34. The zero-order valence-electron chi connectivity index (χ0n) is 15.6. The summed E-state index contributed by atoms with van der Waals surface area (Å²) < 4.78 is 12.9. The van der Waals surface area contributed by atoms with E-state index in [0.717, 1.165) is 39.6 Å². The Morgan fingerprint density at radius 3 is 2.82 bits per heavy atom. The normalized spacial score (nSPS) is 18.9. The molecule has 1 heterocycles. The Labute approximate surface area is 173 Å². The molecule has 0 aliphatic carbocycles. The molecule has 3 aromatic rings. The van der Waals surface area contributed by atoms with Crippen molar-refractivity contribution in [3.8, 4) is 5.75 Å². The van der Waals surface area contributed by atoms with E-state index in [2.05, 4.69) is 45.1 Å². The minimum atomic E-state index is -0.555. The Morgan fingerprint density at radius 2 is 1.93 bits per heavy atom. The van der Waals surface area contributed by atoms with Crippen molar-refractivity contribution in [3.63, 3.8) is 0 Å². The van der Waals surface area contributed by atoms with Crippen molar-refractivity contribution in [2.24, 2.45) is 0 Å². The van der Waals surface area contributed by atoms with Crippen molar-refractivity contribution >= 4 is 26.7 Å². The Morgan fingerprint density at radius 1 is 1.11 bits per heavy atom. The van der Waals surface area contributed by atoms with Crippen LogP contribution in [0.15, 0.2) is 71.2 Å². The van der Waals surface area contributed by atoms with E-state index in [4.69, 9.17) is 9.47 Å². The third kappa shape index (κ3) is 4.73. The van der Waals surface area contributed by atoms with Crippen molar-refractivity contribution < 1.29 is 14.6 Å². The van der Waals surface area contributed by atoms with Crippen LogP contribution in [0.2, 0.25) is 0 Å². The molecule has 0 amide bonds. The van der Waals surface area contributed by atoms with Gasteiger partial charge in [0.15, 0.2) is 0 Å². The number of hydrogen-bond donors (Lipinski definition) is 1. The SMILES string of the molecule is OC(COc1cccc2ccccc12)CN1CCOC(c2cccc(Br)c2)C1. The molecule has 0 aromatic heterocycles. The fourth-order valence-corrected chi connectivity index (χ4v) is 4.05. The van der Waals surface area contributed by atoms with Gasteiger partial charge >= 0.3 is 0 Å². The third-order valence-corrected chi connectivity index (χ3v) is 5.51. The molecule has 1 aliphatic rings. The molecule has 4 rings (SSSR count). The summed E-state index contributed by atoms with van der Waals surface area (Å²) in [4.78, 5) is 2.24. The predicted octanol–water partition coefficient (Wildman–Crippen LogP) is 4.42. The van der Waals surface area contributed by atoms with Crippen molar-refractivity contribution in [1.82, 2.24) is 4.90 Å². The molecule has 2 atom stereocenters. The second kappa shape index (κ2) is 9.05. The predicted molar refractivity (Wildman–Crippen MR) is 115 cm³/mol. The highest BCUT2D eigenvalue weighted by molar-refractivity contribution is 9.10. The molecular formula is C23H24BrNO3. The summed E-state index contributed by atoms with van der Waals surface area (Å²) in [5, 5.41) is 12.7. The van der Waals surface area contributed by atoms with Crippen molar-refractivity contribution in [1.29, 1.82) is 0 Å². The molecule has 0 spiro atoms. The summed E-state index contributed by atoms with van der Waals surface area (Å²) in [6.45, 7) is 3.08. The van der Waals surface area contributed by atoms with Gasteiger partial charge in [0.1, 0.15) is 18.5 Å². The Bertz CT molecular complexity index is 927. The summed E-state index contributed by atoms with van der Waals surface area (Å²) in [7, 11) is 0. The van der Waals surface area contributed by atoms with Crippen molar-refractivity contribution in [2.75, 3.05) is 32.8 Å². The molecule has 0 saturated carbocycles. The Balaban J connectivity index is 1.34. The van der Waals surface area contributed by atoms with E-state index in [-0.39, 0.29) is 12.7 Å². The maximum absolute atomic E-state index is 10.5. The zero-order chi connectivity index (χ0) is 19.3. The summed E-state index contributed by atoms with van der Waals surface area (Å²) in [6, 6.07) is 22.3. The number of hydrogen-bond acceptors (Lipinski definition) is 4. The molecule has 0 bridgehead atoms. The molecule has 28 heavy (non-hydrogen) atoms. The average Bonchev–Trinajstić information content (AvgIpc) is 2.72. The molecule has 3 aromatic carbocycles. The molecule has 2 unspecified atom stereocenters. The van der Waals surface area contributed by atoms with E-state index in [9.17, 15) is 5.11 Å². The number of aliphatic hydroxyl groups excluding tert-OH is 1. The van der Waals surface area contributed by atoms with E-state index in [1.165, 1.54) is 0 Å². The van der Waals surface area contributed by atoms with Crippen LogP contribution in [0.5, 0.6) is 5.75 Å². The third-order valence-electron chi connectivity index (χ3n) is 5.02. The molecule has 1 aliphatic heterocycles. The number of morpholine rings is 1. The number of benzene rings is 3. The second-order valence-electron chi connectivity index (χ2n) is 7.12. The van der Waals surface area contributed by atoms with Crippen LogP contribution in [0.3, 0.4) is 0 Å². The van der Waals surface area contributed by atoms with Crippen LogP contribution < -0.4 is 4.74 Å². The average molecular weight is 442 g/mol. The number of ether oxygens (including phenoxy) is 2. The first-order valence-electron chi connectivity index (χ1n) is 9.57. The number of rotatable bonds is 6.